The minimum atomic E-state index is -3.88. The molecule has 9 heteroatoms. The summed E-state index contributed by atoms with van der Waals surface area (Å²) in [5.74, 6) is 0.111. The number of ether oxygens (including phenoxy) is 1. The number of hydrogen-bond donors (Lipinski definition) is 1. The Morgan fingerprint density at radius 3 is 2.50 bits per heavy atom. The molecule has 0 radical (unpaired) electrons. The maximum Gasteiger partial charge on any atom is 0.287 e. The summed E-state index contributed by atoms with van der Waals surface area (Å²) in [4.78, 5) is 13.0. The highest BCUT2D eigenvalue weighted by Gasteiger charge is 2.42. The molecule has 5 rings (SSSR count). The molecule has 1 spiro atoms. The van der Waals surface area contributed by atoms with E-state index in [4.69, 9.17) is 32.4 Å². The fraction of sp³-hybridized carbons (Fsp3) is 0.370. The number of carbonyl (C=O) groups excluding carboxylic acids is 1. The van der Waals surface area contributed by atoms with Crippen molar-refractivity contribution in [2.24, 2.45) is 0 Å². The summed E-state index contributed by atoms with van der Waals surface area (Å²) in [6, 6.07) is 13.3. The number of amides is 1. The Balaban J connectivity index is 1.36. The highest BCUT2D eigenvalue weighted by atomic mass is 35.5. The van der Waals surface area contributed by atoms with Gasteiger partial charge in [0, 0.05) is 12.0 Å². The molecule has 2 aromatic carbocycles. The average Bonchev–Trinajstić information content (AvgIpc) is 3.28. The monoisotopic (exact) mass is 547 g/mol. The van der Waals surface area contributed by atoms with Crippen molar-refractivity contribution in [3.8, 4) is 5.75 Å². The summed E-state index contributed by atoms with van der Waals surface area (Å²) in [6.45, 7) is 2.01. The van der Waals surface area contributed by atoms with Gasteiger partial charge in [-0.3, -0.25) is 4.79 Å². The van der Waals surface area contributed by atoms with Gasteiger partial charge in [-0.05, 0) is 62.9 Å². The van der Waals surface area contributed by atoms with Gasteiger partial charge in [-0.2, -0.15) is 0 Å². The maximum atomic E-state index is 13.2. The van der Waals surface area contributed by atoms with Crippen LogP contribution in [0.4, 0.5) is 0 Å². The molecule has 1 aliphatic carbocycles. The van der Waals surface area contributed by atoms with Gasteiger partial charge >= 0.3 is 0 Å². The van der Waals surface area contributed by atoms with Crippen molar-refractivity contribution in [3.05, 3.63) is 81.2 Å². The number of furan rings is 1. The van der Waals surface area contributed by atoms with Crippen LogP contribution in [0.2, 0.25) is 10.0 Å². The molecule has 6 nitrogen and oxygen atoms in total. The van der Waals surface area contributed by atoms with E-state index >= 15 is 0 Å². The van der Waals surface area contributed by atoms with Gasteiger partial charge in [0.25, 0.3) is 5.91 Å². The molecule has 2 aliphatic rings. The SMILES string of the molecule is Cc1ccc2c(c1)[C@@H](NC(=O)c1ccc(CS(=O)(=O)c3c(Cl)cccc3Cl)o1)CC1(CCCCC1)O2. The highest BCUT2D eigenvalue weighted by molar-refractivity contribution is 7.90. The zero-order valence-electron chi connectivity index (χ0n) is 19.9. The van der Waals surface area contributed by atoms with Crippen molar-refractivity contribution < 1.29 is 22.4 Å². The van der Waals surface area contributed by atoms with Gasteiger partial charge in [0.05, 0.1) is 16.1 Å². The number of benzene rings is 2. The molecule has 190 valence electrons. The number of halogens is 2. The van der Waals surface area contributed by atoms with Crippen LogP contribution in [0.25, 0.3) is 0 Å². The van der Waals surface area contributed by atoms with Gasteiger partial charge in [0.2, 0.25) is 0 Å². The molecule has 0 unspecified atom stereocenters. The first kappa shape index (κ1) is 25.2. The van der Waals surface area contributed by atoms with E-state index in [2.05, 4.69) is 5.32 Å². The lowest BCUT2D eigenvalue weighted by atomic mass is 9.77. The Kier molecular flexibility index (Phi) is 6.83. The van der Waals surface area contributed by atoms with Crippen molar-refractivity contribution in [2.45, 2.75) is 67.7 Å². The summed E-state index contributed by atoms with van der Waals surface area (Å²) in [5.41, 5.74) is 1.75. The molecular weight excluding hydrogens is 521 g/mol. The van der Waals surface area contributed by atoms with Crippen LogP contribution in [0.5, 0.6) is 5.75 Å². The van der Waals surface area contributed by atoms with E-state index < -0.39 is 21.5 Å². The van der Waals surface area contributed by atoms with E-state index in [0.717, 1.165) is 42.6 Å². The Morgan fingerprint density at radius 2 is 1.78 bits per heavy atom. The van der Waals surface area contributed by atoms with Crippen LogP contribution in [0.15, 0.2) is 57.8 Å². The summed E-state index contributed by atoms with van der Waals surface area (Å²) in [6.07, 6.45) is 6.00. The van der Waals surface area contributed by atoms with E-state index in [1.807, 2.05) is 25.1 Å². The molecule has 1 N–H and O–H groups in total. The van der Waals surface area contributed by atoms with Crippen LogP contribution >= 0.6 is 23.2 Å². The van der Waals surface area contributed by atoms with Crippen molar-refractivity contribution in [1.29, 1.82) is 0 Å². The molecule has 3 aromatic rings. The van der Waals surface area contributed by atoms with Crippen LogP contribution in [-0.4, -0.2) is 19.9 Å². The number of rotatable bonds is 5. The third-order valence-corrected chi connectivity index (χ3v) is 9.54. The lowest BCUT2D eigenvalue weighted by molar-refractivity contribution is -0.00227. The smallest absolute Gasteiger partial charge is 0.287 e. The number of fused-ring (bicyclic) bond motifs is 1. The van der Waals surface area contributed by atoms with Crippen LogP contribution in [0, 0.1) is 6.92 Å². The second-order valence-corrected chi connectivity index (χ2v) is 12.4. The van der Waals surface area contributed by atoms with Crippen molar-refractivity contribution in [3.63, 3.8) is 0 Å². The summed E-state index contributed by atoms with van der Waals surface area (Å²) >= 11 is 12.2. The Morgan fingerprint density at radius 1 is 1.06 bits per heavy atom. The molecular formula is C27H27Cl2NO5S. The zero-order chi connectivity index (χ0) is 25.5. The van der Waals surface area contributed by atoms with Crippen LogP contribution in [-0.2, 0) is 15.6 Å². The summed E-state index contributed by atoms with van der Waals surface area (Å²) in [5, 5.41) is 3.19. The van der Waals surface area contributed by atoms with E-state index in [9.17, 15) is 13.2 Å². The second kappa shape index (κ2) is 9.77. The molecule has 2 heterocycles. The molecule has 0 bridgehead atoms. The number of nitrogens with one attached hydrogen (secondary N) is 1. The Labute approximate surface area is 220 Å². The average molecular weight is 548 g/mol. The minimum Gasteiger partial charge on any atom is -0.487 e. The van der Waals surface area contributed by atoms with Gasteiger partial charge in [0.15, 0.2) is 15.6 Å². The van der Waals surface area contributed by atoms with Gasteiger partial charge < -0.3 is 14.5 Å². The molecule has 1 aliphatic heterocycles. The molecule has 1 saturated carbocycles. The van der Waals surface area contributed by atoms with Crippen molar-refractivity contribution >= 4 is 38.9 Å². The van der Waals surface area contributed by atoms with Crippen molar-refractivity contribution in [2.75, 3.05) is 0 Å². The molecule has 0 saturated heterocycles. The van der Waals surface area contributed by atoms with Gasteiger partial charge in [-0.1, -0.05) is 53.4 Å². The van der Waals surface area contributed by atoms with E-state index in [1.165, 1.54) is 30.7 Å². The minimum absolute atomic E-state index is 0.0390. The van der Waals surface area contributed by atoms with Crippen LogP contribution in [0.3, 0.4) is 0 Å². The Bertz CT molecular complexity index is 1390. The van der Waals surface area contributed by atoms with Crippen LogP contribution in [0.1, 0.15) is 72.0 Å². The molecule has 1 amide bonds. The fourth-order valence-electron chi connectivity index (χ4n) is 5.27. The molecule has 1 fully saturated rings. The predicted molar refractivity (Wildman–Crippen MR) is 139 cm³/mol. The van der Waals surface area contributed by atoms with E-state index in [0.29, 0.717) is 6.42 Å². The van der Waals surface area contributed by atoms with E-state index in [1.54, 1.807) is 6.07 Å². The first-order valence-electron chi connectivity index (χ1n) is 12.0. The standard InChI is InChI=1S/C27H27Cl2NO5S/c1-17-8-10-23-19(14-17)22(15-27(35-23)12-3-2-4-13-27)30-26(31)24-11-9-18(34-24)16-36(32,33)25-20(28)6-5-7-21(25)29/h5-11,14,22H,2-4,12-13,15-16H2,1H3,(H,30,31)/t22-/m0/s1. The van der Waals surface area contributed by atoms with Crippen molar-refractivity contribution in [1.82, 2.24) is 5.32 Å². The Hall–Kier alpha value is -2.48. The number of carbonyl (C=O) groups is 1. The maximum absolute atomic E-state index is 13.2. The first-order chi connectivity index (χ1) is 17.2. The quantitative estimate of drug-likeness (QED) is 0.378. The molecule has 1 atom stereocenters. The lowest BCUT2D eigenvalue weighted by Crippen LogP contribution is -2.46. The number of sulfone groups is 1. The highest BCUT2D eigenvalue weighted by Crippen LogP contribution is 2.46. The van der Waals surface area contributed by atoms with E-state index in [-0.39, 0.29) is 38.1 Å². The fourth-order valence-corrected chi connectivity index (χ4v) is 7.77. The normalized spacial score (nSPS) is 18.9. The predicted octanol–water partition coefficient (Wildman–Crippen LogP) is 6.83. The largest absolute Gasteiger partial charge is 0.487 e. The third-order valence-electron chi connectivity index (χ3n) is 6.96. The zero-order valence-corrected chi connectivity index (χ0v) is 22.2. The topological polar surface area (TPSA) is 85.6 Å². The molecule has 36 heavy (non-hydrogen) atoms. The summed E-state index contributed by atoms with van der Waals surface area (Å²) in [7, 11) is -3.88. The number of hydrogen-bond acceptors (Lipinski definition) is 5. The van der Waals surface area contributed by atoms with Crippen LogP contribution < -0.4 is 10.1 Å². The third kappa shape index (κ3) is 5.01. The number of aryl methyl sites for hydroxylation is 1. The molecule has 1 aromatic heterocycles. The second-order valence-electron chi connectivity index (χ2n) is 9.69. The summed E-state index contributed by atoms with van der Waals surface area (Å²) < 4.78 is 38.0. The van der Waals surface area contributed by atoms with Gasteiger partial charge in [-0.15, -0.1) is 0 Å². The van der Waals surface area contributed by atoms with Gasteiger partial charge in [-0.25, -0.2) is 8.42 Å². The first-order valence-corrected chi connectivity index (χ1v) is 14.4. The van der Waals surface area contributed by atoms with Gasteiger partial charge in [0.1, 0.15) is 27.8 Å². The lowest BCUT2D eigenvalue weighted by Gasteiger charge is -2.44.